The Morgan fingerprint density at radius 1 is 1.50 bits per heavy atom. The van der Waals surface area contributed by atoms with E-state index in [0.29, 0.717) is 5.69 Å². The van der Waals surface area contributed by atoms with Gasteiger partial charge in [0.2, 0.25) is 0 Å². The van der Waals surface area contributed by atoms with Crippen molar-refractivity contribution in [2.75, 3.05) is 5.73 Å². The van der Waals surface area contributed by atoms with Gasteiger partial charge in [0, 0.05) is 6.07 Å². The summed E-state index contributed by atoms with van der Waals surface area (Å²) in [5, 5.41) is 8.93. The minimum absolute atomic E-state index is 0.274. The van der Waals surface area contributed by atoms with Crippen LogP contribution in [0.4, 0.5) is 10.1 Å². The Kier molecular flexibility index (Phi) is 3.38. The third-order valence-electron chi connectivity index (χ3n) is 2.58. The number of hydrogen-bond donors (Lipinski definition) is 1. The maximum absolute atomic E-state index is 13.0. The van der Waals surface area contributed by atoms with E-state index in [9.17, 15) is 4.39 Å². The van der Waals surface area contributed by atoms with E-state index in [4.69, 9.17) is 15.7 Å². The van der Waals surface area contributed by atoms with Crippen LogP contribution in [0.15, 0.2) is 18.2 Å². The van der Waals surface area contributed by atoms with Crippen LogP contribution < -0.4 is 10.5 Å². The zero-order chi connectivity index (χ0) is 12.3. The van der Waals surface area contributed by atoms with Gasteiger partial charge in [-0.15, -0.1) is 0 Å². The molecule has 1 atom stereocenters. The highest BCUT2D eigenvalue weighted by atomic mass is 19.1. The normalized spacial score (nSPS) is 12.9. The maximum atomic E-state index is 13.0. The number of nitriles is 1. The summed E-state index contributed by atoms with van der Waals surface area (Å²) in [6.07, 6.45) is -0.374. The molecule has 0 fully saturated rings. The number of rotatable bonds is 3. The van der Waals surface area contributed by atoms with E-state index in [-0.39, 0.29) is 11.9 Å². The zero-order valence-electron chi connectivity index (χ0n) is 9.62. The molecule has 0 unspecified atom stereocenters. The molecule has 1 aromatic carbocycles. The van der Waals surface area contributed by atoms with Gasteiger partial charge in [0.15, 0.2) is 0 Å². The first kappa shape index (κ1) is 12.3. The lowest BCUT2D eigenvalue weighted by Crippen LogP contribution is -2.30. The van der Waals surface area contributed by atoms with Crippen LogP contribution in [-0.4, -0.2) is 6.10 Å². The number of ether oxygens (including phenoxy) is 1. The van der Waals surface area contributed by atoms with Crippen LogP contribution in [0, 0.1) is 22.6 Å². The fourth-order valence-electron chi connectivity index (χ4n) is 1.04. The monoisotopic (exact) mass is 222 g/mol. The minimum Gasteiger partial charge on any atom is -0.487 e. The van der Waals surface area contributed by atoms with Gasteiger partial charge in [-0.2, -0.15) is 5.26 Å². The van der Waals surface area contributed by atoms with Crippen LogP contribution in [0.3, 0.4) is 0 Å². The number of halogens is 1. The molecule has 0 aliphatic heterocycles. The molecule has 0 aromatic heterocycles. The van der Waals surface area contributed by atoms with E-state index in [2.05, 4.69) is 6.07 Å². The predicted octanol–water partition coefficient (Wildman–Crippen LogP) is 2.72. The van der Waals surface area contributed by atoms with Gasteiger partial charge in [0.05, 0.1) is 17.2 Å². The lowest BCUT2D eigenvalue weighted by Gasteiger charge is -2.25. The van der Waals surface area contributed by atoms with Crippen molar-refractivity contribution in [2.24, 2.45) is 5.41 Å². The first-order chi connectivity index (χ1) is 7.36. The molecular formula is C12H15FN2O. The van der Waals surface area contributed by atoms with Crippen molar-refractivity contribution < 1.29 is 9.13 Å². The van der Waals surface area contributed by atoms with E-state index in [1.54, 1.807) is 20.8 Å². The third-order valence-corrected chi connectivity index (χ3v) is 2.58. The van der Waals surface area contributed by atoms with Crippen molar-refractivity contribution in [1.29, 1.82) is 5.26 Å². The van der Waals surface area contributed by atoms with Crippen molar-refractivity contribution in [3.05, 3.63) is 24.0 Å². The second-order valence-electron chi connectivity index (χ2n) is 4.28. The molecular weight excluding hydrogens is 207 g/mol. The largest absolute Gasteiger partial charge is 0.487 e. The molecule has 4 heteroatoms. The van der Waals surface area contributed by atoms with Crippen molar-refractivity contribution >= 4 is 5.69 Å². The van der Waals surface area contributed by atoms with Gasteiger partial charge in [-0.3, -0.25) is 0 Å². The highest BCUT2D eigenvalue weighted by Crippen LogP contribution is 2.28. The summed E-state index contributed by atoms with van der Waals surface area (Å²) < 4.78 is 18.5. The number of hydrogen-bond acceptors (Lipinski definition) is 3. The maximum Gasteiger partial charge on any atom is 0.145 e. The van der Waals surface area contributed by atoms with Gasteiger partial charge < -0.3 is 10.5 Å². The molecule has 0 saturated carbocycles. The van der Waals surface area contributed by atoms with E-state index in [0.717, 1.165) is 0 Å². The summed E-state index contributed by atoms with van der Waals surface area (Å²) in [5.74, 6) is -0.137. The Bertz CT molecular complexity index is 424. The fourth-order valence-corrected chi connectivity index (χ4v) is 1.04. The molecule has 0 aliphatic carbocycles. The molecule has 1 aromatic rings. The van der Waals surface area contributed by atoms with Gasteiger partial charge in [0.1, 0.15) is 17.7 Å². The predicted molar refractivity (Wildman–Crippen MR) is 60.3 cm³/mol. The Labute approximate surface area is 94.6 Å². The van der Waals surface area contributed by atoms with Crippen LogP contribution in [0.25, 0.3) is 0 Å². The number of anilines is 1. The van der Waals surface area contributed by atoms with Gasteiger partial charge in [-0.1, -0.05) is 0 Å². The van der Waals surface area contributed by atoms with Crippen LogP contribution in [0.5, 0.6) is 5.75 Å². The SMILES string of the molecule is C[C@H](Oc1cc(F)ccc1N)C(C)(C)C#N. The summed E-state index contributed by atoms with van der Waals surface area (Å²) in [5.41, 5.74) is 5.36. The molecule has 16 heavy (non-hydrogen) atoms. The van der Waals surface area contributed by atoms with Crippen molar-refractivity contribution in [1.82, 2.24) is 0 Å². The summed E-state index contributed by atoms with van der Waals surface area (Å²) in [4.78, 5) is 0. The smallest absolute Gasteiger partial charge is 0.145 e. The van der Waals surface area contributed by atoms with Crippen molar-refractivity contribution in [2.45, 2.75) is 26.9 Å². The van der Waals surface area contributed by atoms with Crippen molar-refractivity contribution in [3.63, 3.8) is 0 Å². The molecule has 0 aliphatic rings. The van der Waals surface area contributed by atoms with Crippen LogP contribution in [0.1, 0.15) is 20.8 Å². The van der Waals surface area contributed by atoms with Gasteiger partial charge in [-0.05, 0) is 32.9 Å². The average molecular weight is 222 g/mol. The molecule has 2 N–H and O–H groups in total. The van der Waals surface area contributed by atoms with Gasteiger partial charge in [-0.25, -0.2) is 4.39 Å². The topological polar surface area (TPSA) is 59.0 Å². The highest BCUT2D eigenvalue weighted by molar-refractivity contribution is 5.52. The zero-order valence-corrected chi connectivity index (χ0v) is 9.62. The lowest BCUT2D eigenvalue weighted by molar-refractivity contribution is 0.130. The number of nitrogens with zero attached hydrogens (tertiary/aromatic N) is 1. The van der Waals surface area contributed by atoms with Crippen LogP contribution in [0.2, 0.25) is 0 Å². The third kappa shape index (κ3) is 2.63. The Balaban J connectivity index is 2.89. The molecule has 3 nitrogen and oxygen atoms in total. The highest BCUT2D eigenvalue weighted by Gasteiger charge is 2.27. The molecule has 0 bridgehead atoms. The van der Waals surface area contributed by atoms with Gasteiger partial charge in [0.25, 0.3) is 0 Å². The lowest BCUT2D eigenvalue weighted by atomic mass is 9.89. The molecule has 0 amide bonds. The standard InChI is InChI=1S/C12H15FN2O/c1-8(12(2,3)7-14)16-11-6-9(13)4-5-10(11)15/h4-6,8H,15H2,1-3H3/t8-/m0/s1. The molecule has 1 rings (SSSR count). The summed E-state index contributed by atoms with van der Waals surface area (Å²) in [7, 11) is 0. The van der Waals surface area contributed by atoms with Crippen LogP contribution >= 0.6 is 0 Å². The summed E-state index contributed by atoms with van der Waals surface area (Å²) >= 11 is 0. The molecule has 0 saturated heterocycles. The Hall–Kier alpha value is -1.76. The minimum atomic E-state index is -0.654. The first-order valence-corrected chi connectivity index (χ1v) is 5.00. The van der Waals surface area contributed by atoms with E-state index >= 15 is 0 Å². The molecule has 0 radical (unpaired) electrons. The average Bonchev–Trinajstić information content (AvgIpc) is 2.23. The van der Waals surface area contributed by atoms with Crippen molar-refractivity contribution in [3.8, 4) is 11.8 Å². The number of nitrogens with two attached hydrogens (primary N) is 1. The second kappa shape index (κ2) is 4.40. The van der Waals surface area contributed by atoms with E-state index in [1.165, 1.54) is 18.2 Å². The fraction of sp³-hybridized carbons (Fsp3) is 0.417. The Morgan fingerprint density at radius 2 is 2.12 bits per heavy atom. The molecule has 0 spiro atoms. The van der Waals surface area contributed by atoms with E-state index < -0.39 is 11.2 Å². The quantitative estimate of drug-likeness (QED) is 0.800. The van der Waals surface area contributed by atoms with Crippen LogP contribution in [-0.2, 0) is 0 Å². The number of benzene rings is 1. The number of nitrogen functional groups attached to an aromatic ring is 1. The molecule has 0 heterocycles. The summed E-state index contributed by atoms with van der Waals surface area (Å²) in [6.45, 7) is 5.27. The first-order valence-electron chi connectivity index (χ1n) is 5.00. The summed E-state index contributed by atoms with van der Waals surface area (Å²) in [6, 6.07) is 6.06. The second-order valence-corrected chi connectivity index (χ2v) is 4.28. The Morgan fingerprint density at radius 3 is 2.69 bits per heavy atom. The van der Waals surface area contributed by atoms with Gasteiger partial charge >= 0.3 is 0 Å². The van der Waals surface area contributed by atoms with E-state index in [1.807, 2.05) is 0 Å². The molecule has 86 valence electrons.